The van der Waals surface area contributed by atoms with Gasteiger partial charge in [0.1, 0.15) is 25.2 Å². The summed E-state index contributed by atoms with van der Waals surface area (Å²) in [6, 6.07) is 15.1. The van der Waals surface area contributed by atoms with Crippen LogP contribution in [0.15, 0.2) is 42.5 Å². The Bertz CT molecular complexity index is 1000. The van der Waals surface area contributed by atoms with Crippen molar-refractivity contribution in [1.29, 1.82) is 10.5 Å². The Balaban J connectivity index is 2.33. The van der Waals surface area contributed by atoms with Gasteiger partial charge in [-0.25, -0.2) is 0 Å². The van der Waals surface area contributed by atoms with Gasteiger partial charge in [0.25, 0.3) is 5.91 Å². The lowest BCUT2D eigenvalue weighted by atomic mass is 9.96. The fraction of sp³-hybridized carbons (Fsp3) is 0.150. The standard InChI is InChI=1S/C20H15N3O5/c21-9-16-6-2-4-14(17(16)10-22)7-13-3-1-5-15(8-13)20(28)23(11-18(24)25)12-19(26)27/h1-6,8H,7,11-12H2,(H,24,25)(H,26,27). The van der Waals surface area contributed by atoms with Gasteiger partial charge in [-0.2, -0.15) is 10.5 Å². The number of hydrogen-bond donors (Lipinski definition) is 2. The van der Waals surface area contributed by atoms with E-state index in [0.717, 1.165) is 4.90 Å². The van der Waals surface area contributed by atoms with Gasteiger partial charge in [-0.3, -0.25) is 14.4 Å². The molecule has 8 heteroatoms. The fourth-order valence-electron chi connectivity index (χ4n) is 2.72. The molecule has 0 aliphatic carbocycles. The Morgan fingerprint density at radius 1 is 0.929 bits per heavy atom. The van der Waals surface area contributed by atoms with Crippen LogP contribution in [-0.4, -0.2) is 46.0 Å². The highest BCUT2D eigenvalue weighted by Crippen LogP contribution is 2.19. The monoisotopic (exact) mass is 377 g/mol. The van der Waals surface area contributed by atoms with Crippen molar-refractivity contribution < 1.29 is 24.6 Å². The summed E-state index contributed by atoms with van der Waals surface area (Å²) in [6.07, 6.45) is 0.275. The van der Waals surface area contributed by atoms with Gasteiger partial charge in [-0.05, 0) is 35.7 Å². The lowest BCUT2D eigenvalue weighted by Gasteiger charge is -2.19. The first kappa shape index (κ1) is 20.1. The predicted octanol–water partition coefficient (Wildman–Crippen LogP) is 1.63. The number of carboxylic acids is 2. The van der Waals surface area contributed by atoms with Gasteiger partial charge in [0, 0.05) is 5.56 Å². The van der Waals surface area contributed by atoms with E-state index in [9.17, 15) is 19.6 Å². The van der Waals surface area contributed by atoms with E-state index in [1.807, 2.05) is 12.1 Å². The molecule has 0 unspecified atom stereocenters. The summed E-state index contributed by atoms with van der Waals surface area (Å²) in [5.74, 6) is -3.37. The molecule has 28 heavy (non-hydrogen) atoms. The summed E-state index contributed by atoms with van der Waals surface area (Å²) in [4.78, 5) is 35.1. The molecule has 2 aromatic rings. The molecule has 0 heterocycles. The molecule has 2 rings (SSSR count). The molecule has 1 amide bonds. The van der Waals surface area contributed by atoms with Gasteiger partial charge in [0.15, 0.2) is 0 Å². The first-order valence-corrected chi connectivity index (χ1v) is 8.09. The number of carbonyl (C=O) groups excluding carboxylic acids is 1. The summed E-state index contributed by atoms with van der Waals surface area (Å²) >= 11 is 0. The van der Waals surface area contributed by atoms with Crippen LogP contribution < -0.4 is 0 Å². The van der Waals surface area contributed by atoms with Crippen LogP contribution in [0.4, 0.5) is 0 Å². The van der Waals surface area contributed by atoms with Crippen LogP contribution in [0.2, 0.25) is 0 Å². The number of benzene rings is 2. The highest BCUT2D eigenvalue weighted by molar-refractivity contribution is 5.97. The van der Waals surface area contributed by atoms with Crippen molar-refractivity contribution in [3.05, 3.63) is 70.3 Å². The number of amides is 1. The van der Waals surface area contributed by atoms with Crippen molar-refractivity contribution >= 4 is 17.8 Å². The number of nitrogens with zero attached hydrogens (tertiary/aromatic N) is 3. The Hall–Kier alpha value is -4.17. The maximum Gasteiger partial charge on any atom is 0.323 e. The van der Waals surface area contributed by atoms with Crippen LogP contribution in [0.25, 0.3) is 0 Å². The van der Waals surface area contributed by atoms with Gasteiger partial charge < -0.3 is 15.1 Å². The van der Waals surface area contributed by atoms with E-state index < -0.39 is 30.9 Å². The van der Waals surface area contributed by atoms with Crippen LogP contribution in [-0.2, 0) is 16.0 Å². The van der Waals surface area contributed by atoms with Gasteiger partial charge in [-0.15, -0.1) is 0 Å². The van der Waals surface area contributed by atoms with E-state index in [4.69, 9.17) is 15.5 Å². The minimum atomic E-state index is -1.32. The maximum absolute atomic E-state index is 12.5. The van der Waals surface area contributed by atoms with Crippen LogP contribution in [0.3, 0.4) is 0 Å². The fourth-order valence-corrected chi connectivity index (χ4v) is 2.72. The zero-order valence-corrected chi connectivity index (χ0v) is 14.6. The molecule has 0 radical (unpaired) electrons. The number of rotatable bonds is 7. The highest BCUT2D eigenvalue weighted by Gasteiger charge is 2.21. The van der Waals surface area contributed by atoms with E-state index in [-0.39, 0.29) is 23.1 Å². The van der Waals surface area contributed by atoms with Crippen LogP contribution in [0.1, 0.15) is 32.6 Å². The zero-order chi connectivity index (χ0) is 20.7. The summed E-state index contributed by atoms with van der Waals surface area (Å²) in [7, 11) is 0. The molecule has 0 saturated heterocycles. The summed E-state index contributed by atoms with van der Waals surface area (Å²) < 4.78 is 0. The number of hydrogen-bond acceptors (Lipinski definition) is 5. The molecule has 140 valence electrons. The molecule has 0 fully saturated rings. The molecule has 0 bridgehead atoms. The predicted molar refractivity (Wildman–Crippen MR) is 96.3 cm³/mol. The van der Waals surface area contributed by atoms with Gasteiger partial charge >= 0.3 is 11.9 Å². The molecule has 0 aromatic heterocycles. The van der Waals surface area contributed by atoms with Crippen molar-refractivity contribution in [3.8, 4) is 12.1 Å². The quantitative estimate of drug-likeness (QED) is 0.746. The van der Waals surface area contributed by atoms with Gasteiger partial charge in [0.2, 0.25) is 0 Å². The normalized spacial score (nSPS) is 9.79. The first-order chi connectivity index (χ1) is 13.3. The molecular formula is C20H15N3O5. The minimum Gasteiger partial charge on any atom is -0.480 e. The number of aliphatic carboxylic acids is 2. The summed E-state index contributed by atoms with van der Waals surface area (Å²) in [5, 5.41) is 36.2. The molecule has 0 aliphatic rings. The first-order valence-electron chi connectivity index (χ1n) is 8.09. The molecule has 0 spiro atoms. The Kier molecular flexibility index (Phi) is 6.45. The molecular weight excluding hydrogens is 362 g/mol. The zero-order valence-electron chi connectivity index (χ0n) is 14.6. The molecule has 8 nitrogen and oxygen atoms in total. The summed E-state index contributed by atoms with van der Waals surface area (Å²) in [6.45, 7) is -1.48. The molecule has 0 saturated carbocycles. The number of carbonyl (C=O) groups is 3. The largest absolute Gasteiger partial charge is 0.480 e. The number of carboxylic acid groups (broad SMARTS) is 2. The lowest BCUT2D eigenvalue weighted by molar-refractivity contribution is -0.140. The van der Waals surface area contributed by atoms with Crippen molar-refractivity contribution in [1.82, 2.24) is 4.90 Å². The van der Waals surface area contributed by atoms with E-state index in [1.54, 1.807) is 24.3 Å². The number of nitriles is 2. The van der Waals surface area contributed by atoms with Crippen molar-refractivity contribution in [2.45, 2.75) is 6.42 Å². The highest BCUT2D eigenvalue weighted by atomic mass is 16.4. The Morgan fingerprint density at radius 2 is 1.57 bits per heavy atom. The SMILES string of the molecule is N#Cc1cccc(Cc2cccc(C(=O)N(CC(=O)O)CC(=O)O)c2)c1C#N. The third-order valence-electron chi connectivity index (χ3n) is 3.89. The second-order valence-electron chi connectivity index (χ2n) is 5.89. The van der Waals surface area contributed by atoms with Crippen LogP contribution in [0, 0.1) is 22.7 Å². The third-order valence-corrected chi connectivity index (χ3v) is 3.89. The molecule has 0 atom stereocenters. The van der Waals surface area contributed by atoms with E-state index >= 15 is 0 Å². The molecule has 2 N–H and O–H groups in total. The Morgan fingerprint density at radius 3 is 2.14 bits per heavy atom. The van der Waals surface area contributed by atoms with Gasteiger partial charge in [-0.1, -0.05) is 24.3 Å². The maximum atomic E-state index is 12.5. The average Bonchev–Trinajstić information content (AvgIpc) is 2.66. The van der Waals surface area contributed by atoms with Crippen molar-refractivity contribution in [2.75, 3.05) is 13.1 Å². The second-order valence-corrected chi connectivity index (χ2v) is 5.89. The lowest BCUT2D eigenvalue weighted by Crippen LogP contribution is -2.39. The van der Waals surface area contributed by atoms with E-state index in [2.05, 4.69) is 0 Å². The molecule has 0 aliphatic heterocycles. The van der Waals surface area contributed by atoms with E-state index in [1.165, 1.54) is 18.2 Å². The van der Waals surface area contributed by atoms with Gasteiger partial charge in [0.05, 0.1) is 11.1 Å². The third kappa shape index (κ3) is 4.93. The summed E-state index contributed by atoms with van der Waals surface area (Å²) in [5.41, 5.74) is 1.90. The minimum absolute atomic E-state index is 0.134. The van der Waals surface area contributed by atoms with E-state index in [0.29, 0.717) is 11.1 Å². The Labute approximate surface area is 160 Å². The van der Waals surface area contributed by atoms with Crippen molar-refractivity contribution in [3.63, 3.8) is 0 Å². The second kappa shape index (κ2) is 8.97. The molecule has 2 aromatic carbocycles. The topological polar surface area (TPSA) is 142 Å². The smallest absolute Gasteiger partial charge is 0.323 e. The average molecular weight is 377 g/mol. The van der Waals surface area contributed by atoms with Crippen molar-refractivity contribution in [2.24, 2.45) is 0 Å². The van der Waals surface area contributed by atoms with Crippen LogP contribution in [0.5, 0.6) is 0 Å². The van der Waals surface area contributed by atoms with Crippen LogP contribution >= 0.6 is 0 Å².